The smallest absolute Gasteiger partial charge is 0.416 e. The van der Waals surface area contributed by atoms with Gasteiger partial charge in [-0.1, -0.05) is 18.2 Å². The third-order valence-electron chi connectivity index (χ3n) is 7.96. The number of alkyl halides is 3. The van der Waals surface area contributed by atoms with E-state index in [1.165, 1.54) is 24.7 Å². The third-order valence-corrected chi connectivity index (χ3v) is 8.34. The maximum Gasteiger partial charge on any atom is 0.416 e. The van der Waals surface area contributed by atoms with E-state index in [4.69, 9.17) is 5.14 Å². The number of nitrogens with zero attached hydrogens (tertiary/aromatic N) is 4. The second-order valence-corrected chi connectivity index (χ2v) is 11.8. The van der Waals surface area contributed by atoms with E-state index in [-0.39, 0.29) is 17.6 Å². The Morgan fingerprint density at radius 3 is 2.51 bits per heavy atom. The van der Waals surface area contributed by atoms with E-state index in [2.05, 4.69) is 19.1 Å². The van der Waals surface area contributed by atoms with Gasteiger partial charge in [0, 0.05) is 18.3 Å². The zero-order chi connectivity index (χ0) is 30.9. The topological polar surface area (TPSA) is 139 Å². The quantitative estimate of drug-likeness (QED) is 0.361. The number of hydrogen-bond acceptors (Lipinski definition) is 9. The molecule has 2 heterocycles. The molecule has 0 bridgehead atoms. The molecule has 230 valence electrons. The van der Waals surface area contributed by atoms with Crippen molar-refractivity contribution in [2.75, 3.05) is 18.0 Å². The number of anilines is 2. The first-order valence-electron chi connectivity index (χ1n) is 13.6. The molecule has 3 N–H and O–H groups in total. The zero-order valence-corrected chi connectivity index (χ0v) is 23.6. The predicted octanol–water partition coefficient (Wildman–Crippen LogP) is 4.64. The van der Waals surface area contributed by atoms with Gasteiger partial charge in [-0.05, 0) is 74.9 Å². The minimum Gasteiger partial charge on any atom is -0.506 e. The van der Waals surface area contributed by atoms with E-state index < -0.39 is 51.2 Å². The lowest BCUT2D eigenvalue weighted by atomic mass is 9.77. The van der Waals surface area contributed by atoms with Crippen molar-refractivity contribution in [2.45, 2.75) is 56.3 Å². The van der Waals surface area contributed by atoms with Crippen LogP contribution >= 0.6 is 0 Å². The van der Waals surface area contributed by atoms with Gasteiger partial charge >= 0.3 is 22.4 Å². The second-order valence-electron chi connectivity index (χ2n) is 10.6. The van der Waals surface area contributed by atoms with Crippen LogP contribution in [-0.2, 0) is 20.7 Å². The lowest BCUT2D eigenvalue weighted by Gasteiger charge is -2.46. The van der Waals surface area contributed by atoms with Gasteiger partial charge < -0.3 is 14.2 Å². The number of carbonyl (C=O) groups is 1. The first-order valence-corrected chi connectivity index (χ1v) is 15.0. The van der Waals surface area contributed by atoms with Gasteiger partial charge in [0.05, 0.1) is 17.3 Å². The monoisotopic (exact) mass is 623 g/mol. The second kappa shape index (κ2) is 12.1. The number of nitrogens with two attached hydrogens (primary N) is 1. The lowest BCUT2D eigenvalue weighted by molar-refractivity contribution is -0.137. The highest BCUT2D eigenvalue weighted by molar-refractivity contribution is 7.84. The minimum atomic E-state index is -4.74. The van der Waals surface area contributed by atoms with E-state index in [0.717, 1.165) is 44.1 Å². The number of likely N-dealkylation sites (tertiary alicyclic amines) is 1. The van der Waals surface area contributed by atoms with Crippen LogP contribution in [0, 0.1) is 5.82 Å². The molecular formula is C28H29F4N5O5S. The van der Waals surface area contributed by atoms with Gasteiger partial charge in [0.2, 0.25) is 0 Å². The van der Waals surface area contributed by atoms with E-state index >= 15 is 4.39 Å². The van der Waals surface area contributed by atoms with Gasteiger partial charge in [0.25, 0.3) is 0 Å². The number of rotatable bonds is 7. The maximum absolute atomic E-state index is 15.3. The van der Waals surface area contributed by atoms with Crippen molar-refractivity contribution in [3.8, 4) is 5.75 Å². The average molecular weight is 624 g/mol. The van der Waals surface area contributed by atoms with E-state index in [1.54, 1.807) is 17.0 Å². The minimum absolute atomic E-state index is 0.0462. The number of benzene rings is 2. The molecule has 0 unspecified atom stereocenters. The predicted molar refractivity (Wildman–Crippen MR) is 147 cm³/mol. The van der Waals surface area contributed by atoms with Crippen LogP contribution < -0.4 is 10.0 Å². The lowest BCUT2D eigenvalue weighted by Crippen LogP contribution is -2.52. The van der Waals surface area contributed by atoms with Crippen LogP contribution in [0.3, 0.4) is 0 Å². The van der Waals surface area contributed by atoms with E-state index in [0.29, 0.717) is 30.6 Å². The Morgan fingerprint density at radius 1 is 1.12 bits per heavy atom. The van der Waals surface area contributed by atoms with Gasteiger partial charge in [-0.25, -0.2) is 19.2 Å². The molecule has 1 aromatic heterocycles. The molecule has 1 aliphatic heterocycles. The molecule has 43 heavy (non-hydrogen) atoms. The van der Waals surface area contributed by atoms with E-state index in [1.807, 2.05) is 0 Å². The molecule has 1 aliphatic carbocycles. The number of halogens is 4. The van der Waals surface area contributed by atoms with Crippen LogP contribution in [0.15, 0.2) is 55.0 Å². The zero-order valence-electron chi connectivity index (χ0n) is 22.7. The summed E-state index contributed by atoms with van der Waals surface area (Å²) in [5, 5.41) is 15.8. The number of aromatic nitrogens is 2. The Hall–Kier alpha value is -3.82. The summed E-state index contributed by atoms with van der Waals surface area (Å²) in [4.78, 5) is 24.4. The molecule has 2 fully saturated rings. The normalized spacial score (nSPS) is 21.5. The van der Waals surface area contributed by atoms with Crippen molar-refractivity contribution < 1.29 is 40.1 Å². The van der Waals surface area contributed by atoms with Crippen LogP contribution in [0.4, 0.5) is 29.1 Å². The Kier molecular flexibility index (Phi) is 8.58. The molecule has 0 amide bonds. The van der Waals surface area contributed by atoms with Crippen LogP contribution in [0.25, 0.3) is 0 Å². The fourth-order valence-electron chi connectivity index (χ4n) is 6.12. The molecule has 2 aliphatic rings. The van der Waals surface area contributed by atoms with Crippen LogP contribution in [-0.4, -0.2) is 59.5 Å². The number of aromatic hydroxyl groups is 1. The Balaban J connectivity index is 1.55. The first kappa shape index (κ1) is 30.6. The van der Waals surface area contributed by atoms with E-state index in [9.17, 15) is 31.5 Å². The summed E-state index contributed by atoms with van der Waals surface area (Å²) in [6, 6.07) is 7.92. The molecule has 1 saturated carbocycles. The number of hydrogen-bond donors (Lipinski definition) is 2. The molecule has 1 saturated heterocycles. The maximum atomic E-state index is 15.3. The molecule has 10 nitrogen and oxygen atoms in total. The summed E-state index contributed by atoms with van der Waals surface area (Å²) in [7, 11) is -4.74. The summed E-state index contributed by atoms with van der Waals surface area (Å²) in [6.45, 7) is 1.51. The van der Waals surface area contributed by atoms with Crippen LogP contribution in [0.2, 0.25) is 0 Å². The first-order chi connectivity index (χ1) is 20.3. The standard InChI is InChI=1S/C28H29F4N5O5S/c29-21-15-24(25(38)14-20(21)27(39)42-43(33,40)41)37(26-8-9-34-16-35-26)22-7-6-18(13-23(22)36-10-1-2-11-36)17-4-3-5-19(12-17)28(30,31)32/h3-5,8-9,12,14-16,18,22-23,38H,1-2,6-7,10-11,13H2,(H2,33,40,41)/t18-,22-,23-/m0/s1. The Bertz CT molecular complexity index is 1590. The fourth-order valence-corrected chi connectivity index (χ4v) is 6.42. The van der Waals surface area contributed by atoms with Gasteiger partial charge in [0.1, 0.15) is 29.3 Å². The average Bonchev–Trinajstić information content (AvgIpc) is 3.49. The summed E-state index contributed by atoms with van der Waals surface area (Å²) in [5.74, 6) is -3.20. The third kappa shape index (κ3) is 6.89. The van der Waals surface area contributed by atoms with Gasteiger partial charge in [-0.15, -0.1) is 0 Å². The molecule has 3 atom stereocenters. The Labute approximate surface area is 245 Å². The highest BCUT2D eigenvalue weighted by Gasteiger charge is 2.41. The number of carbonyl (C=O) groups excluding carboxylic acids is 1. The summed E-state index contributed by atoms with van der Waals surface area (Å²) < 4.78 is 82.2. The van der Waals surface area contributed by atoms with Crippen molar-refractivity contribution >= 4 is 27.8 Å². The highest BCUT2D eigenvalue weighted by Crippen LogP contribution is 2.45. The number of phenols is 1. The molecular weight excluding hydrogens is 594 g/mol. The molecule has 0 spiro atoms. The molecule has 0 radical (unpaired) electrons. The SMILES string of the molecule is NS(=O)(=O)OC(=O)c1cc(O)c(N(c2ccncn2)[C@H]2CC[C@H](c3cccc(C(F)(F)F)c3)C[C@@H]2N2CCCC2)cc1F. The fraction of sp³-hybridized carbons (Fsp3) is 0.393. The summed E-state index contributed by atoms with van der Waals surface area (Å²) >= 11 is 0. The van der Waals surface area contributed by atoms with Gasteiger partial charge in [0.15, 0.2) is 0 Å². The van der Waals surface area contributed by atoms with Crippen LogP contribution in [0.1, 0.15) is 59.5 Å². The summed E-state index contributed by atoms with van der Waals surface area (Å²) in [5.41, 5.74) is -1.02. The molecule has 5 rings (SSSR count). The largest absolute Gasteiger partial charge is 0.506 e. The highest BCUT2D eigenvalue weighted by atomic mass is 32.2. The summed E-state index contributed by atoms with van der Waals surface area (Å²) in [6.07, 6.45) is 1.60. The van der Waals surface area contributed by atoms with Crippen molar-refractivity contribution in [2.24, 2.45) is 5.14 Å². The molecule has 3 aromatic rings. The van der Waals surface area contributed by atoms with Crippen LogP contribution in [0.5, 0.6) is 5.75 Å². The van der Waals surface area contributed by atoms with Crippen molar-refractivity contribution in [1.82, 2.24) is 14.9 Å². The number of phenolic OH excluding ortho intramolecular Hbond substituents is 1. The van der Waals surface area contributed by atoms with Crippen molar-refractivity contribution in [1.29, 1.82) is 0 Å². The van der Waals surface area contributed by atoms with Crippen molar-refractivity contribution in [3.63, 3.8) is 0 Å². The molecule has 2 aromatic carbocycles. The van der Waals surface area contributed by atoms with Crippen molar-refractivity contribution in [3.05, 3.63) is 77.5 Å². The Morgan fingerprint density at radius 2 is 1.86 bits per heavy atom. The molecule has 15 heteroatoms. The van der Waals surface area contributed by atoms with Gasteiger partial charge in [-0.3, -0.25) is 4.90 Å². The van der Waals surface area contributed by atoms with Gasteiger partial charge in [-0.2, -0.15) is 26.7 Å².